The number of halogens is 3. The van der Waals surface area contributed by atoms with Gasteiger partial charge >= 0.3 is 0 Å². The van der Waals surface area contributed by atoms with E-state index in [9.17, 15) is 18.0 Å². The largest absolute Gasteiger partial charge is 0.409 e. The van der Waals surface area contributed by atoms with Gasteiger partial charge in [0.05, 0.1) is 0 Å². The van der Waals surface area contributed by atoms with Gasteiger partial charge in [0.25, 0.3) is 5.91 Å². The van der Waals surface area contributed by atoms with Crippen LogP contribution in [-0.4, -0.2) is 23.5 Å². The molecule has 20 heavy (non-hydrogen) atoms. The first-order chi connectivity index (χ1) is 9.45. The molecule has 0 aliphatic rings. The number of rotatable bonds is 6. The number of nitrogens with zero attached hydrogens (tertiary/aromatic N) is 1. The molecular formula is C12H14F3N3O2. The number of unbranched alkanes of at least 4 members (excludes halogenated alkanes) is 1. The Bertz CT molecular complexity index is 498. The highest BCUT2D eigenvalue weighted by atomic mass is 19.1. The molecule has 0 spiro atoms. The fraction of sp³-hybridized carbons (Fsp3) is 0.333. The van der Waals surface area contributed by atoms with Gasteiger partial charge in [0.15, 0.2) is 0 Å². The Morgan fingerprint density at radius 2 is 1.85 bits per heavy atom. The highest BCUT2D eigenvalue weighted by Crippen LogP contribution is 2.14. The third-order valence-corrected chi connectivity index (χ3v) is 2.51. The summed E-state index contributed by atoms with van der Waals surface area (Å²) < 4.78 is 39.3. The van der Waals surface area contributed by atoms with Crippen molar-refractivity contribution in [3.63, 3.8) is 0 Å². The molecule has 0 radical (unpaired) electrons. The topological polar surface area (TPSA) is 87.7 Å². The zero-order valence-electron chi connectivity index (χ0n) is 10.5. The van der Waals surface area contributed by atoms with Crippen molar-refractivity contribution in [3.05, 3.63) is 35.1 Å². The van der Waals surface area contributed by atoms with E-state index >= 15 is 0 Å². The zero-order valence-corrected chi connectivity index (χ0v) is 10.5. The van der Waals surface area contributed by atoms with Crippen LogP contribution in [0.4, 0.5) is 13.2 Å². The van der Waals surface area contributed by atoms with Crippen molar-refractivity contribution >= 4 is 11.7 Å². The van der Waals surface area contributed by atoms with E-state index in [1.54, 1.807) is 0 Å². The smallest absolute Gasteiger partial charge is 0.257 e. The molecule has 0 aliphatic heterocycles. The molecule has 0 saturated heterocycles. The number of hydrogen-bond acceptors (Lipinski definition) is 3. The quantitative estimate of drug-likeness (QED) is 0.245. The lowest BCUT2D eigenvalue weighted by molar-refractivity contribution is 0.0944. The van der Waals surface area contributed by atoms with Gasteiger partial charge < -0.3 is 16.3 Å². The Labute approximate surface area is 113 Å². The van der Waals surface area contributed by atoms with Crippen LogP contribution in [0.15, 0.2) is 17.3 Å². The SMILES string of the molecule is NC(CCCCNC(=O)c1c(F)cc(F)cc1F)=NO. The van der Waals surface area contributed by atoms with Crippen molar-refractivity contribution in [2.24, 2.45) is 10.9 Å². The summed E-state index contributed by atoms with van der Waals surface area (Å²) in [4.78, 5) is 11.5. The van der Waals surface area contributed by atoms with Gasteiger partial charge in [0.1, 0.15) is 28.9 Å². The van der Waals surface area contributed by atoms with E-state index < -0.39 is 28.9 Å². The number of nitrogens with one attached hydrogen (secondary N) is 1. The molecule has 110 valence electrons. The molecule has 0 aromatic heterocycles. The van der Waals surface area contributed by atoms with Crippen molar-refractivity contribution in [1.82, 2.24) is 5.32 Å². The molecule has 0 fully saturated rings. The molecule has 1 aromatic carbocycles. The fourth-order valence-electron chi connectivity index (χ4n) is 1.53. The molecule has 0 unspecified atom stereocenters. The van der Waals surface area contributed by atoms with Crippen LogP contribution in [0, 0.1) is 17.5 Å². The minimum absolute atomic E-state index is 0.0620. The molecule has 0 heterocycles. The molecule has 5 nitrogen and oxygen atoms in total. The first kappa shape index (κ1) is 15.8. The Morgan fingerprint density at radius 3 is 2.40 bits per heavy atom. The molecule has 4 N–H and O–H groups in total. The van der Waals surface area contributed by atoms with Gasteiger partial charge in [-0.1, -0.05) is 5.16 Å². The van der Waals surface area contributed by atoms with E-state index in [1.807, 2.05) is 0 Å². The van der Waals surface area contributed by atoms with E-state index in [0.29, 0.717) is 31.4 Å². The molecule has 1 aromatic rings. The molecule has 1 amide bonds. The van der Waals surface area contributed by atoms with Crippen molar-refractivity contribution < 1.29 is 23.2 Å². The van der Waals surface area contributed by atoms with Gasteiger partial charge in [-0.25, -0.2) is 13.2 Å². The lowest BCUT2D eigenvalue weighted by atomic mass is 10.1. The monoisotopic (exact) mass is 289 g/mol. The predicted molar refractivity (Wildman–Crippen MR) is 65.9 cm³/mol. The Hall–Kier alpha value is -2.25. The summed E-state index contributed by atoms with van der Waals surface area (Å²) in [6.07, 6.45) is 1.35. The van der Waals surface area contributed by atoms with Gasteiger partial charge in [0, 0.05) is 25.1 Å². The fourth-order valence-corrected chi connectivity index (χ4v) is 1.53. The number of hydrogen-bond donors (Lipinski definition) is 3. The maximum Gasteiger partial charge on any atom is 0.257 e. The summed E-state index contributed by atoms with van der Waals surface area (Å²) >= 11 is 0. The molecule has 1 rings (SSSR count). The number of benzene rings is 1. The van der Waals surface area contributed by atoms with E-state index in [4.69, 9.17) is 10.9 Å². The van der Waals surface area contributed by atoms with Crippen molar-refractivity contribution in [3.8, 4) is 0 Å². The van der Waals surface area contributed by atoms with Crippen LogP contribution in [0.5, 0.6) is 0 Å². The Balaban J connectivity index is 2.48. The van der Waals surface area contributed by atoms with Gasteiger partial charge in [-0.2, -0.15) is 0 Å². The van der Waals surface area contributed by atoms with E-state index in [-0.39, 0.29) is 12.4 Å². The standard InChI is InChI=1S/C12H14F3N3O2/c13-7-5-8(14)11(9(15)6-7)12(19)17-4-2-1-3-10(16)18-20/h5-6,20H,1-4H2,(H2,16,18)(H,17,19). The average molecular weight is 289 g/mol. The zero-order chi connectivity index (χ0) is 15.1. The molecular weight excluding hydrogens is 275 g/mol. The molecule has 0 atom stereocenters. The maximum absolute atomic E-state index is 13.3. The summed E-state index contributed by atoms with van der Waals surface area (Å²) in [6.45, 7) is 0.161. The number of carbonyl (C=O) groups excluding carboxylic acids is 1. The number of amides is 1. The lowest BCUT2D eigenvalue weighted by Crippen LogP contribution is -2.27. The number of oxime groups is 1. The summed E-state index contributed by atoms with van der Waals surface area (Å²) in [5.74, 6) is -4.49. The van der Waals surface area contributed by atoms with Gasteiger partial charge in [-0.3, -0.25) is 4.79 Å². The summed E-state index contributed by atoms with van der Waals surface area (Å²) in [5, 5.41) is 13.4. The third-order valence-electron chi connectivity index (χ3n) is 2.51. The van der Waals surface area contributed by atoms with Gasteiger partial charge in [-0.15, -0.1) is 0 Å². The minimum atomic E-state index is -1.25. The van der Waals surface area contributed by atoms with Crippen LogP contribution in [0.25, 0.3) is 0 Å². The highest BCUT2D eigenvalue weighted by molar-refractivity contribution is 5.94. The molecule has 8 heteroatoms. The minimum Gasteiger partial charge on any atom is -0.409 e. The van der Waals surface area contributed by atoms with E-state index in [1.165, 1.54) is 0 Å². The second-order valence-electron chi connectivity index (χ2n) is 4.05. The van der Waals surface area contributed by atoms with Crippen LogP contribution in [0.2, 0.25) is 0 Å². The normalized spacial score (nSPS) is 11.4. The van der Waals surface area contributed by atoms with Crippen molar-refractivity contribution in [2.75, 3.05) is 6.54 Å². The van der Waals surface area contributed by atoms with Crippen molar-refractivity contribution in [2.45, 2.75) is 19.3 Å². The highest BCUT2D eigenvalue weighted by Gasteiger charge is 2.18. The van der Waals surface area contributed by atoms with Gasteiger partial charge in [0.2, 0.25) is 0 Å². The van der Waals surface area contributed by atoms with Crippen molar-refractivity contribution in [1.29, 1.82) is 0 Å². The van der Waals surface area contributed by atoms with Crippen LogP contribution < -0.4 is 11.1 Å². The Kier molecular flexibility index (Phi) is 5.82. The molecule has 0 bridgehead atoms. The first-order valence-corrected chi connectivity index (χ1v) is 5.85. The first-order valence-electron chi connectivity index (χ1n) is 5.85. The summed E-state index contributed by atoms with van der Waals surface area (Å²) in [6, 6.07) is 0.882. The van der Waals surface area contributed by atoms with E-state index in [0.717, 1.165) is 0 Å². The second kappa shape index (κ2) is 7.37. The van der Waals surface area contributed by atoms with Crippen LogP contribution in [0.1, 0.15) is 29.6 Å². The van der Waals surface area contributed by atoms with Crippen LogP contribution in [0.3, 0.4) is 0 Å². The van der Waals surface area contributed by atoms with Crippen LogP contribution in [-0.2, 0) is 0 Å². The third kappa shape index (κ3) is 4.45. The maximum atomic E-state index is 13.3. The second-order valence-corrected chi connectivity index (χ2v) is 4.05. The predicted octanol–water partition coefficient (Wildman–Crippen LogP) is 1.75. The summed E-state index contributed by atoms with van der Waals surface area (Å²) in [7, 11) is 0. The number of amidine groups is 1. The molecule has 0 aliphatic carbocycles. The van der Waals surface area contributed by atoms with Crippen LogP contribution >= 0.6 is 0 Å². The van der Waals surface area contributed by atoms with Gasteiger partial charge in [-0.05, 0) is 12.8 Å². The molecule has 0 saturated carbocycles. The summed E-state index contributed by atoms with van der Waals surface area (Å²) in [5.41, 5.74) is 4.42. The Morgan fingerprint density at radius 1 is 1.25 bits per heavy atom. The number of nitrogens with two attached hydrogens (primary N) is 1. The van der Waals surface area contributed by atoms with E-state index in [2.05, 4.69) is 10.5 Å². The average Bonchev–Trinajstić information content (AvgIpc) is 2.36. The number of carbonyl (C=O) groups is 1. The lowest BCUT2D eigenvalue weighted by Gasteiger charge is -2.07.